The summed E-state index contributed by atoms with van der Waals surface area (Å²) in [7, 11) is 3.40. The second-order valence-corrected chi connectivity index (χ2v) is 4.95. The van der Waals surface area contributed by atoms with Gasteiger partial charge in [-0.2, -0.15) is 5.10 Å². The molecule has 0 aliphatic rings. The summed E-state index contributed by atoms with van der Waals surface area (Å²) >= 11 is 6.27. The smallest absolute Gasteiger partial charge is 0.258 e. The zero-order chi connectivity index (χ0) is 14.0. The first-order valence-electron chi connectivity index (χ1n) is 5.99. The minimum Gasteiger partial charge on any atom is -0.345 e. The van der Waals surface area contributed by atoms with Gasteiger partial charge in [-0.25, -0.2) is 4.68 Å². The van der Waals surface area contributed by atoms with Crippen LogP contribution >= 0.6 is 11.6 Å². The molecule has 4 nitrogen and oxygen atoms in total. The molecule has 0 saturated heterocycles. The number of carbonyl (C=O) groups is 1. The van der Waals surface area contributed by atoms with E-state index in [0.29, 0.717) is 23.0 Å². The largest absolute Gasteiger partial charge is 0.345 e. The second-order valence-electron chi connectivity index (χ2n) is 4.59. The van der Waals surface area contributed by atoms with Crippen LogP contribution in [0.15, 0.2) is 30.3 Å². The summed E-state index contributed by atoms with van der Waals surface area (Å²) < 4.78 is 1.66. The highest BCUT2D eigenvalue weighted by Gasteiger charge is 2.21. The summed E-state index contributed by atoms with van der Waals surface area (Å²) in [6, 6.07) is 9.89. The molecule has 0 N–H and O–H groups in total. The first-order valence-corrected chi connectivity index (χ1v) is 6.37. The fourth-order valence-electron chi connectivity index (χ4n) is 1.88. The van der Waals surface area contributed by atoms with E-state index in [1.165, 1.54) is 4.90 Å². The van der Waals surface area contributed by atoms with Crippen molar-refractivity contribution in [2.45, 2.75) is 13.5 Å². The monoisotopic (exact) mass is 277 g/mol. The molecule has 0 unspecified atom stereocenters. The molecule has 5 heteroatoms. The minimum atomic E-state index is -0.123. The number of nitrogens with zero attached hydrogens (tertiary/aromatic N) is 3. The van der Waals surface area contributed by atoms with Crippen LogP contribution in [0.3, 0.4) is 0 Å². The van der Waals surface area contributed by atoms with Crippen molar-refractivity contribution in [2.24, 2.45) is 0 Å². The Balaban J connectivity index is 2.34. The number of rotatable bonds is 3. The van der Waals surface area contributed by atoms with Crippen LogP contribution in [0.4, 0.5) is 0 Å². The zero-order valence-corrected chi connectivity index (χ0v) is 12.0. The van der Waals surface area contributed by atoms with Crippen LogP contribution in [0.25, 0.3) is 0 Å². The maximum absolute atomic E-state index is 12.0. The van der Waals surface area contributed by atoms with Crippen molar-refractivity contribution < 1.29 is 4.79 Å². The molecule has 100 valence electrons. The number of hydrogen-bond donors (Lipinski definition) is 0. The fourth-order valence-corrected chi connectivity index (χ4v) is 2.20. The molecule has 0 saturated carbocycles. The van der Waals surface area contributed by atoms with Gasteiger partial charge >= 0.3 is 0 Å². The lowest BCUT2D eigenvalue weighted by molar-refractivity contribution is 0.0827. The van der Waals surface area contributed by atoms with Gasteiger partial charge < -0.3 is 4.90 Å². The van der Waals surface area contributed by atoms with Gasteiger partial charge in [-0.1, -0.05) is 41.9 Å². The van der Waals surface area contributed by atoms with Gasteiger partial charge in [0.25, 0.3) is 5.91 Å². The summed E-state index contributed by atoms with van der Waals surface area (Å²) in [6.45, 7) is 2.35. The quantitative estimate of drug-likeness (QED) is 0.865. The van der Waals surface area contributed by atoms with Crippen molar-refractivity contribution in [1.82, 2.24) is 14.7 Å². The average Bonchev–Trinajstić information content (AvgIpc) is 2.65. The van der Waals surface area contributed by atoms with Gasteiger partial charge in [0.05, 0.1) is 17.8 Å². The molecule has 2 rings (SSSR count). The summed E-state index contributed by atoms with van der Waals surface area (Å²) in [4.78, 5) is 13.5. The number of benzene rings is 1. The van der Waals surface area contributed by atoms with Crippen molar-refractivity contribution in [3.8, 4) is 0 Å². The van der Waals surface area contributed by atoms with Crippen LogP contribution in [-0.4, -0.2) is 34.7 Å². The average molecular weight is 278 g/mol. The van der Waals surface area contributed by atoms with Crippen LogP contribution in [0.2, 0.25) is 5.15 Å². The van der Waals surface area contributed by atoms with Crippen molar-refractivity contribution in [1.29, 1.82) is 0 Å². The second kappa shape index (κ2) is 5.45. The fraction of sp³-hybridized carbons (Fsp3) is 0.286. The first-order chi connectivity index (χ1) is 9.00. The van der Waals surface area contributed by atoms with Gasteiger partial charge in [0, 0.05) is 14.1 Å². The molecule has 2 aromatic rings. The molecule has 1 aromatic heterocycles. The predicted molar refractivity (Wildman–Crippen MR) is 75.5 cm³/mol. The lowest BCUT2D eigenvalue weighted by atomic mass is 10.2. The van der Waals surface area contributed by atoms with E-state index in [1.54, 1.807) is 25.7 Å². The Morgan fingerprint density at radius 2 is 1.95 bits per heavy atom. The Morgan fingerprint density at radius 3 is 2.53 bits per heavy atom. The lowest BCUT2D eigenvalue weighted by Crippen LogP contribution is -2.22. The molecule has 1 aromatic carbocycles. The van der Waals surface area contributed by atoms with Crippen molar-refractivity contribution in [3.63, 3.8) is 0 Å². The molecule has 0 atom stereocenters. The molecule has 0 aliphatic carbocycles. The van der Waals surface area contributed by atoms with Crippen LogP contribution in [-0.2, 0) is 6.54 Å². The van der Waals surface area contributed by atoms with E-state index in [0.717, 1.165) is 5.56 Å². The summed E-state index contributed by atoms with van der Waals surface area (Å²) in [6.07, 6.45) is 0. The maximum Gasteiger partial charge on any atom is 0.258 e. The standard InChI is InChI=1S/C14H16ClN3O/c1-10-12(14(19)17(2)3)13(15)18(16-10)9-11-7-5-4-6-8-11/h4-8H,9H2,1-3H3. The number of hydrogen-bond acceptors (Lipinski definition) is 2. The number of aryl methyl sites for hydroxylation is 1. The highest BCUT2D eigenvalue weighted by atomic mass is 35.5. The lowest BCUT2D eigenvalue weighted by Gasteiger charge is -2.09. The molecule has 0 spiro atoms. The number of carbonyl (C=O) groups excluding carboxylic acids is 1. The molecule has 1 amide bonds. The van der Waals surface area contributed by atoms with Crippen LogP contribution in [0, 0.1) is 6.92 Å². The van der Waals surface area contributed by atoms with E-state index in [2.05, 4.69) is 5.10 Å². The Bertz CT molecular complexity index is 590. The SMILES string of the molecule is Cc1nn(Cc2ccccc2)c(Cl)c1C(=O)N(C)C. The van der Waals surface area contributed by atoms with Gasteiger partial charge in [-0.15, -0.1) is 0 Å². The molecule has 0 aliphatic heterocycles. The minimum absolute atomic E-state index is 0.123. The van der Waals surface area contributed by atoms with Crippen LogP contribution in [0.5, 0.6) is 0 Å². The van der Waals surface area contributed by atoms with E-state index in [-0.39, 0.29) is 5.91 Å². The van der Waals surface area contributed by atoms with E-state index < -0.39 is 0 Å². The maximum atomic E-state index is 12.0. The van der Waals surface area contributed by atoms with E-state index in [1.807, 2.05) is 30.3 Å². The van der Waals surface area contributed by atoms with Crippen molar-refractivity contribution >= 4 is 17.5 Å². The molecule has 19 heavy (non-hydrogen) atoms. The van der Waals surface area contributed by atoms with Crippen LogP contribution in [0.1, 0.15) is 21.6 Å². The summed E-state index contributed by atoms with van der Waals surface area (Å²) in [5.41, 5.74) is 2.22. The third kappa shape index (κ3) is 2.79. The summed E-state index contributed by atoms with van der Waals surface area (Å²) in [5, 5.41) is 4.74. The number of halogens is 1. The van der Waals surface area contributed by atoms with Gasteiger partial charge in [0.1, 0.15) is 5.15 Å². The van der Waals surface area contributed by atoms with Gasteiger partial charge in [-0.3, -0.25) is 4.79 Å². The van der Waals surface area contributed by atoms with E-state index in [9.17, 15) is 4.79 Å². The molecular weight excluding hydrogens is 262 g/mol. The molecule has 1 heterocycles. The molecule has 0 radical (unpaired) electrons. The Hall–Kier alpha value is -1.81. The Labute approximate surface area is 117 Å². The number of aromatic nitrogens is 2. The highest BCUT2D eigenvalue weighted by Crippen LogP contribution is 2.21. The van der Waals surface area contributed by atoms with Crippen LogP contribution < -0.4 is 0 Å². The van der Waals surface area contributed by atoms with Gasteiger partial charge in [-0.05, 0) is 12.5 Å². The van der Waals surface area contributed by atoms with Gasteiger partial charge in [0.2, 0.25) is 0 Å². The topological polar surface area (TPSA) is 38.1 Å². The third-order valence-electron chi connectivity index (χ3n) is 2.86. The molecular formula is C14H16ClN3O. The zero-order valence-electron chi connectivity index (χ0n) is 11.2. The van der Waals surface area contributed by atoms with E-state index >= 15 is 0 Å². The normalized spacial score (nSPS) is 10.5. The Morgan fingerprint density at radius 1 is 1.32 bits per heavy atom. The highest BCUT2D eigenvalue weighted by molar-refractivity contribution is 6.33. The van der Waals surface area contributed by atoms with Crippen molar-refractivity contribution in [3.05, 3.63) is 52.3 Å². The first kappa shape index (κ1) is 13.6. The summed E-state index contributed by atoms with van der Waals surface area (Å²) in [5.74, 6) is -0.123. The van der Waals surface area contributed by atoms with Crippen molar-refractivity contribution in [2.75, 3.05) is 14.1 Å². The number of amides is 1. The van der Waals surface area contributed by atoms with E-state index in [4.69, 9.17) is 11.6 Å². The Kier molecular flexibility index (Phi) is 3.90. The molecule has 0 fully saturated rings. The van der Waals surface area contributed by atoms with Gasteiger partial charge in [0.15, 0.2) is 0 Å². The molecule has 0 bridgehead atoms. The third-order valence-corrected chi connectivity index (χ3v) is 3.24. The predicted octanol–water partition coefficient (Wildman–Crippen LogP) is 2.60.